The lowest BCUT2D eigenvalue weighted by Crippen LogP contribution is -2.12. The van der Waals surface area contributed by atoms with E-state index in [1.807, 2.05) is 25.1 Å². The fourth-order valence-corrected chi connectivity index (χ4v) is 2.22. The predicted octanol–water partition coefficient (Wildman–Crippen LogP) is 4.14. The number of hydrogen-bond donors (Lipinski definition) is 0. The Morgan fingerprint density at radius 3 is 2.47 bits per heavy atom. The number of Topliss-reactive ketones (excluding diaryl/α,β-unsaturated/α-hetero) is 1. The van der Waals surface area contributed by atoms with E-state index in [0.29, 0.717) is 16.1 Å². The second-order valence-electron chi connectivity index (χ2n) is 4.30. The minimum atomic E-state index is -0.777. The molecular weight excluding hydrogens is 258 g/mol. The molecule has 0 heterocycles. The predicted molar refractivity (Wildman–Crippen MR) is 75.3 cm³/mol. The van der Waals surface area contributed by atoms with Crippen LogP contribution in [0.15, 0.2) is 48.5 Å². The Labute approximate surface area is 117 Å². The smallest absolute Gasteiger partial charge is 0.184 e. The highest BCUT2D eigenvalue weighted by Gasteiger charge is 2.22. The first kappa shape index (κ1) is 13.3. The van der Waals surface area contributed by atoms with Gasteiger partial charge in [-0.3, -0.25) is 4.79 Å². The number of hydrogen-bond acceptors (Lipinski definition) is 2. The number of carbonyl (C=O) groups is 1. The van der Waals surface area contributed by atoms with Gasteiger partial charge in [0.15, 0.2) is 5.78 Å². The molecule has 0 N–H and O–H groups in total. The molecular formula is C16H12ClNO. The standard InChI is InChI=1S/C16H12ClNO/c1-11-9-13(17)7-8-14(11)16(19)15(10-18)12-5-3-2-4-6-12/h2-9,15H,1H3. The SMILES string of the molecule is Cc1cc(Cl)ccc1C(=O)C(C#N)c1ccccc1. The van der Waals surface area contributed by atoms with Gasteiger partial charge >= 0.3 is 0 Å². The average Bonchev–Trinajstić information content (AvgIpc) is 2.40. The Bertz CT molecular complexity index is 644. The molecule has 0 radical (unpaired) electrons. The normalized spacial score (nSPS) is 11.6. The van der Waals surface area contributed by atoms with Crippen LogP contribution in [-0.4, -0.2) is 5.78 Å². The van der Waals surface area contributed by atoms with E-state index in [2.05, 4.69) is 6.07 Å². The Kier molecular flexibility index (Phi) is 3.99. The number of rotatable bonds is 3. The van der Waals surface area contributed by atoms with Crippen LogP contribution in [0.3, 0.4) is 0 Å². The Balaban J connectivity index is 2.40. The highest BCUT2D eigenvalue weighted by atomic mass is 35.5. The minimum absolute atomic E-state index is 0.192. The third kappa shape index (κ3) is 2.83. The van der Waals surface area contributed by atoms with Gasteiger partial charge in [-0.15, -0.1) is 0 Å². The molecule has 0 aliphatic rings. The van der Waals surface area contributed by atoms with Gasteiger partial charge in [0.05, 0.1) is 6.07 Å². The first-order valence-corrected chi connectivity index (χ1v) is 6.26. The summed E-state index contributed by atoms with van der Waals surface area (Å²) in [7, 11) is 0. The van der Waals surface area contributed by atoms with Gasteiger partial charge in [-0.1, -0.05) is 41.9 Å². The highest BCUT2D eigenvalue weighted by molar-refractivity contribution is 6.30. The molecule has 0 bridgehead atoms. The van der Waals surface area contributed by atoms with Crippen molar-refractivity contribution in [3.63, 3.8) is 0 Å². The van der Waals surface area contributed by atoms with E-state index in [0.717, 1.165) is 5.56 Å². The summed E-state index contributed by atoms with van der Waals surface area (Å²) in [6, 6.07) is 16.2. The summed E-state index contributed by atoms with van der Waals surface area (Å²) in [6.07, 6.45) is 0. The number of nitrogens with zero attached hydrogens (tertiary/aromatic N) is 1. The molecule has 1 atom stereocenters. The maximum atomic E-state index is 12.4. The third-order valence-corrected chi connectivity index (χ3v) is 3.21. The van der Waals surface area contributed by atoms with E-state index < -0.39 is 5.92 Å². The van der Waals surface area contributed by atoms with Crippen LogP contribution < -0.4 is 0 Å². The van der Waals surface area contributed by atoms with Crippen molar-refractivity contribution < 1.29 is 4.79 Å². The van der Waals surface area contributed by atoms with Crippen LogP contribution in [0.5, 0.6) is 0 Å². The van der Waals surface area contributed by atoms with Crippen LogP contribution in [0.2, 0.25) is 5.02 Å². The molecule has 0 saturated heterocycles. The summed E-state index contributed by atoms with van der Waals surface area (Å²) in [4.78, 5) is 12.4. The van der Waals surface area contributed by atoms with E-state index in [4.69, 9.17) is 11.6 Å². The lowest BCUT2D eigenvalue weighted by atomic mass is 9.90. The molecule has 0 saturated carbocycles. The summed E-state index contributed by atoms with van der Waals surface area (Å²) in [5.74, 6) is -0.969. The van der Waals surface area contributed by atoms with Gasteiger partial charge in [-0.25, -0.2) is 0 Å². The van der Waals surface area contributed by atoms with Crippen LogP contribution in [0.4, 0.5) is 0 Å². The molecule has 0 amide bonds. The van der Waals surface area contributed by atoms with Crippen molar-refractivity contribution in [2.45, 2.75) is 12.8 Å². The highest BCUT2D eigenvalue weighted by Crippen LogP contribution is 2.23. The van der Waals surface area contributed by atoms with Crippen LogP contribution in [-0.2, 0) is 0 Å². The third-order valence-electron chi connectivity index (χ3n) is 2.98. The summed E-state index contributed by atoms with van der Waals surface area (Å²) in [5.41, 5.74) is 2.04. The van der Waals surface area contributed by atoms with E-state index in [-0.39, 0.29) is 5.78 Å². The second-order valence-corrected chi connectivity index (χ2v) is 4.73. The fraction of sp³-hybridized carbons (Fsp3) is 0.125. The van der Waals surface area contributed by atoms with Gasteiger partial charge in [0.1, 0.15) is 5.92 Å². The van der Waals surface area contributed by atoms with Crippen molar-refractivity contribution in [3.05, 3.63) is 70.2 Å². The van der Waals surface area contributed by atoms with Gasteiger partial charge in [-0.2, -0.15) is 5.26 Å². The molecule has 0 aromatic heterocycles. The van der Waals surface area contributed by atoms with Gasteiger partial charge in [0, 0.05) is 10.6 Å². The molecule has 0 aliphatic carbocycles. The van der Waals surface area contributed by atoms with E-state index in [1.165, 1.54) is 0 Å². The molecule has 3 heteroatoms. The molecule has 0 aliphatic heterocycles. The zero-order chi connectivity index (χ0) is 13.8. The van der Waals surface area contributed by atoms with Crippen LogP contribution in [0, 0.1) is 18.3 Å². The van der Waals surface area contributed by atoms with Gasteiger partial charge < -0.3 is 0 Å². The topological polar surface area (TPSA) is 40.9 Å². The number of nitriles is 1. The molecule has 94 valence electrons. The van der Waals surface area contributed by atoms with Gasteiger partial charge in [0.2, 0.25) is 0 Å². The molecule has 2 rings (SSSR count). The number of benzene rings is 2. The number of aryl methyl sites for hydroxylation is 1. The molecule has 0 fully saturated rings. The first-order valence-electron chi connectivity index (χ1n) is 5.88. The van der Waals surface area contributed by atoms with Crippen LogP contribution in [0.1, 0.15) is 27.4 Å². The van der Waals surface area contributed by atoms with E-state index in [1.54, 1.807) is 30.3 Å². The number of ketones is 1. The number of carbonyl (C=O) groups excluding carboxylic acids is 1. The maximum Gasteiger partial charge on any atom is 0.184 e. The average molecular weight is 270 g/mol. The van der Waals surface area contributed by atoms with Crippen LogP contribution >= 0.6 is 11.6 Å². The Morgan fingerprint density at radius 2 is 1.89 bits per heavy atom. The fourth-order valence-electron chi connectivity index (χ4n) is 1.99. The molecule has 1 unspecified atom stereocenters. The quantitative estimate of drug-likeness (QED) is 0.786. The molecule has 0 spiro atoms. The van der Waals surface area contributed by atoms with Crippen LogP contribution in [0.25, 0.3) is 0 Å². The molecule has 2 aromatic rings. The zero-order valence-electron chi connectivity index (χ0n) is 10.4. The van der Waals surface area contributed by atoms with Crippen molar-refractivity contribution in [1.82, 2.24) is 0 Å². The van der Waals surface area contributed by atoms with Gasteiger partial charge in [0.25, 0.3) is 0 Å². The summed E-state index contributed by atoms with van der Waals surface area (Å²) >= 11 is 5.88. The number of halogens is 1. The van der Waals surface area contributed by atoms with E-state index >= 15 is 0 Å². The van der Waals surface area contributed by atoms with Crippen molar-refractivity contribution in [3.8, 4) is 6.07 Å². The molecule has 19 heavy (non-hydrogen) atoms. The summed E-state index contributed by atoms with van der Waals surface area (Å²) in [5, 5.41) is 9.85. The first-order chi connectivity index (χ1) is 9.13. The zero-order valence-corrected chi connectivity index (χ0v) is 11.2. The Morgan fingerprint density at radius 1 is 1.21 bits per heavy atom. The second kappa shape index (κ2) is 5.69. The van der Waals surface area contributed by atoms with Crippen molar-refractivity contribution in [2.75, 3.05) is 0 Å². The monoisotopic (exact) mass is 269 g/mol. The molecule has 2 aromatic carbocycles. The van der Waals surface area contributed by atoms with E-state index in [9.17, 15) is 10.1 Å². The summed E-state index contributed by atoms with van der Waals surface area (Å²) in [6.45, 7) is 1.82. The lowest BCUT2D eigenvalue weighted by molar-refractivity contribution is 0.0978. The molecule has 2 nitrogen and oxygen atoms in total. The minimum Gasteiger partial charge on any atom is -0.292 e. The van der Waals surface area contributed by atoms with Crippen molar-refractivity contribution in [2.24, 2.45) is 0 Å². The van der Waals surface area contributed by atoms with Crippen molar-refractivity contribution >= 4 is 17.4 Å². The maximum absolute atomic E-state index is 12.4. The summed E-state index contributed by atoms with van der Waals surface area (Å²) < 4.78 is 0. The van der Waals surface area contributed by atoms with Crippen molar-refractivity contribution in [1.29, 1.82) is 5.26 Å². The van der Waals surface area contributed by atoms with Gasteiger partial charge in [-0.05, 0) is 36.2 Å². The lowest BCUT2D eigenvalue weighted by Gasteiger charge is -2.10. The largest absolute Gasteiger partial charge is 0.292 e. The Hall–Kier alpha value is -2.11.